The largest absolute Gasteiger partial charge is 0.497 e. The van der Waals surface area contributed by atoms with Gasteiger partial charge in [0.2, 0.25) is 5.91 Å². The van der Waals surface area contributed by atoms with Gasteiger partial charge in [0.25, 0.3) is 5.91 Å². The van der Waals surface area contributed by atoms with Gasteiger partial charge in [-0.05, 0) is 17.7 Å². The average Bonchev–Trinajstić information content (AvgIpc) is 3.37. The molecule has 0 N–H and O–H groups in total. The lowest BCUT2D eigenvalue weighted by molar-refractivity contribution is -0.141. The van der Waals surface area contributed by atoms with Gasteiger partial charge in [-0.25, -0.2) is 5.01 Å². The summed E-state index contributed by atoms with van der Waals surface area (Å²) in [5.74, 6) is 0.536. The van der Waals surface area contributed by atoms with Crippen molar-refractivity contribution >= 4 is 17.5 Å². The van der Waals surface area contributed by atoms with Crippen molar-refractivity contribution in [2.45, 2.75) is 25.8 Å². The van der Waals surface area contributed by atoms with Crippen LogP contribution in [0.15, 0.2) is 59.7 Å². The van der Waals surface area contributed by atoms with Crippen molar-refractivity contribution in [2.75, 3.05) is 53.0 Å². The topological polar surface area (TPSA) is 74.7 Å². The van der Waals surface area contributed by atoms with Crippen LogP contribution in [0.4, 0.5) is 0 Å². The molecule has 0 saturated carbocycles. The van der Waals surface area contributed by atoms with E-state index in [1.54, 1.807) is 17.0 Å². The molecule has 0 aromatic heterocycles. The molecule has 1 fully saturated rings. The molecule has 8 nitrogen and oxygen atoms in total. The van der Waals surface area contributed by atoms with E-state index < -0.39 is 0 Å². The first-order valence-corrected chi connectivity index (χ1v) is 12.3. The molecule has 2 aromatic carbocycles. The second-order valence-corrected chi connectivity index (χ2v) is 8.77. The number of ether oxygens (including phenoxy) is 2. The third-order valence-corrected chi connectivity index (χ3v) is 6.52. The quantitative estimate of drug-likeness (QED) is 0.554. The zero-order chi connectivity index (χ0) is 24.6. The molecule has 2 amide bonds. The summed E-state index contributed by atoms with van der Waals surface area (Å²) < 4.78 is 10.8. The van der Waals surface area contributed by atoms with Gasteiger partial charge in [-0.15, -0.1) is 0 Å². The number of methoxy groups -OCH3 is 1. The number of amides is 2. The number of hydrogen-bond acceptors (Lipinski definition) is 6. The molecular formula is C27H34N4O4. The van der Waals surface area contributed by atoms with Crippen LogP contribution in [-0.4, -0.2) is 85.4 Å². The molecule has 2 heterocycles. The molecular weight excluding hydrogens is 444 g/mol. The Hall–Kier alpha value is -3.23. The molecule has 1 atom stereocenters. The van der Waals surface area contributed by atoms with Crippen LogP contribution < -0.4 is 4.74 Å². The predicted octanol–water partition coefficient (Wildman–Crippen LogP) is 2.94. The fourth-order valence-electron chi connectivity index (χ4n) is 4.49. The minimum absolute atomic E-state index is 0.00916. The van der Waals surface area contributed by atoms with Crippen molar-refractivity contribution in [1.29, 1.82) is 0 Å². The Morgan fingerprint density at radius 3 is 2.60 bits per heavy atom. The lowest BCUT2D eigenvalue weighted by atomic mass is 9.98. The summed E-state index contributed by atoms with van der Waals surface area (Å²) in [4.78, 5) is 30.2. The van der Waals surface area contributed by atoms with Gasteiger partial charge in [0.15, 0.2) is 0 Å². The number of hydrazone groups is 1. The molecule has 0 spiro atoms. The number of hydrogen-bond donors (Lipinski definition) is 0. The fraction of sp³-hybridized carbons (Fsp3) is 0.444. The maximum absolute atomic E-state index is 13.6. The molecule has 1 saturated heterocycles. The van der Waals surface area contributed by atoms with Gasteiger partial charge in [0.05, 0.1) is 32.1 Å². The van der Waals surface area contributed by atoms with Crippen LogP contribution in [0.2, 0.25) is 0 Å². The molecule has 2 aliphatic heterocycles. The van der Waals surface area contributed by atoms with Crippen LogP contribution in [0.5, 0.6) is 5.75 Å². The van der Waals surface area contributed by atoms with E-state index in [9.17, 15) is 9.59 Å². The molecule has 0 unspecified atom stereocenters. The number of rotatable bonds is 9. The SMILES string of the molecule is CCC(=O)N(CCN1CCOCC1)CC(=O)N1N=C(c2cccc(OC)c2)C[C@H]1c1ccccc1. The zero-order valence-corrected chi connectivity index (χ0v) is 20.6. The molecule has 0 bridgehead atoms. The van der Waals surface area contributed by atoms with Gasteiger partial charge in [-0.1, -0.05) is 49.4 Å². The summed E-state index contributed by atoms with van der Waals surface area (Å²) in [5.41, 5.74) is 2.77. The van der Waals surface area contributed by atoms with Crippen molar-refractivity contribution in [3.8, 4) is 5.75 Å². The summed E-state index contributed by atoms with van der Waals surface area (Å²) in [6.45, 7) is 6.17. The Balaban J connectivity index is 1.54. The van der Waals surface area contributed by atoms with Crippen molar-refractivity contribution in [3.63, 3.8) is 0 Å². The maximum Gasteiger partial charge on any atom is 0.262 e. The van der Waals surface area contributed by atoms with Crippen LogP contribution in [0.25, 0.3) is 0 Å². The molecule has 35 heavy (non-hydrogen) atoms. The first-order chi connectivity index (χ1) is 17.1. The monoisotopic (exact) mass is 478 g/mol. The van der Waals surface area contributed by atoms with E-state index in [4.69, 9.17) is 14.6 Å². The summed E-state index contributed by atoms with van der Waals surface area (Å²) in [6.07, 6.45) is 0.954. The fourth-order valence-corrected chi connectivity index (χ4v) is 4.49. The number of morpholine rings is 1. The second-order valence-electron chi connectivity index (χ2n) is 8.77. The Bertz CT molecular complexity index is 1040. The summed E-state index contributed by atoms with van der Waals surface area (Å²) in [7, 11) is 1.63. The van der Waals surface area contributed by atoms with E-state index in [-0.39, 0.29) is 24.4 Å². The minimum Gasteiger partial charge on any atom is -0.497 e. The van der Waals surface area contributed by atoms with Crippen LogP contribution >= 0.6 is 0 Å². The minimum atomic E-state index is -0.220. The Kier molecular flexibility index (Phi) is 8.50. The first-order valence-electron chi connectivity index (χ1n) is 12.3. The number of carbonyl (C=O) groups excluding carboxylic acids is 2. The predicted molar refractivity (Wildman–Crippen MR) is 134 cm³/mol. The third-order valence-electron chi connectivity index (χ3n) is 6.52. The highest BCUT2D eigenvalue weighted by atomic mass is 16.5. The highest BCUT2D eigenvalue weighted by molar-refractivity contribution is 6.03. The van der Waals surface area contributed by atoms with Gasteiger partial charge in [0.1, 0.15) is 12.3 Å². The average molecular weight is 479 g/mol. The highest BCUT2D eigenvalue weighted by Gasteiger charge is 2.34. The normalized spacial score (nSPS) is 18.3. The smallest absolute Gasteiger partial charge is 0.262 e. The van der Waals surface area contributed by atoms with Crippen molar-refractivity contribution < 1.29 is 19.1 Å². The molecule has 2 aromatic rings. The summed E-state index contributed by atoms with van der Waals surface area (Å²) in [5, 5.41) is 6.32. The summed E-state index contributed by atoms with van der Waals surface area (Å²) in [6, 6.07) is 17.4. The molecule has 0 aliphatic carbocycles. The second kappa shape index (κ2) is 12.0. The standard InChI is InChI=1S/C27H34N4O4/c1-3-26(32)30(13-12-29-14-16-35-17-15-29)20-27(33)31-25(21-8-5-4-6-9-21)19-24(28-31)22-10-7-11-23(18-22)34-2/h4-11,18,25H,3,12-17,19-20H2,1-2H3/t25-/m0/s1. The molecule has 8 heteroatoms. The van der Waals surface area contributed by atoms with E-state index in [1.165, 1.54) is 0 Å². The van der Waals surface area contributed by atoms with Gasteiger partial charge < -0.3 is 14.4 Å². The molecule has 186 valence electrons. The lowest BCUT2D eigenvalue weighted by Gasteiger charge is -2.31. The van der Waals surface area contributed by atoms with Crippen molar-refractivity contribution in [1.82, 2.24) is 14.8 Å². The van der Waals surface area contributed by atoms with E-state index in [0.29, 0.717) is 32.6 Å². The van der Waals surface area contributed by atoms with Gasteiger partial charge in [-0.2, -0.15) is 5.10 Å². The van der Waals surface area contributed by atoms with E-state index in [1.807, 2.05) is 61.5 Å². The van der Waals surface area contributed by atoms with Gasteiger partial charge in [0, 0.05) is 44.6 Å². The molecule has 0 radical (unpaired) electrons. The molecule has 4 rings (SSSR count). The van der Waals surface area contributed by atoms with E-state index in [2.05, 4.69) is 4.90 Å². The van der Waals surface area contributed by atoms with Crippen molar-refractivity contribution in [2.24, 2.45) is 5.10 Å². The Morgan fingerprint density at radius 2 is 1.89 bits per heavy atom. The number of benzene rings is 2. The number of nitrogens with zero attached hydrogens (tertiary/aromatic N) is 4. The molecule has 2 aliphatic rings. The Labute approximate surface area is 207 Å². The highest BCUT2D eigenvalue weighted by Crippen LogP contribution is 2.33. The lowest BCUT2D eigenvalue weighted by Crippen LogP contribution is -2.46. The van der Waals surface area contributed by atoms with Gasteiger partial charge >= 0.3 is 0 Å². The zero-order valence-electron chi connectivity index (χ0n) is 20.6. The van der Waals surface area contributed by atoms with E-state index >= 15 is 0 Å². The van der Waals surface area contributed by atoms with Gasteiger partial charge in [-0.3, -0.25) is 14.5 Å². The maximum atomic E-state index is 13.6. The van der Waals surface area contributed by atoms with Crippen molar-refractivity contribution in [3.05, 3.63) is 65.7 Å². The summed E-state index contributed by atoms with van der Waals surface area (Å²) >= 11 is 0. The third kappa shape index (κ3) is 6.26. The van der Waals surface area contributed by atoms with Crippen LogP contribution in [0.3, 0.4) is 0 Å². The van der Waals surface area contributed by atoms with Crippen LogP contribution in [-0.2, 0) is 14.3 Å². The van der Waals surface area contributed by atoms with Crippen LogP contribution in [0.1, 0.15) is 36.9 Å². The van der Waals surface area contributed by atoms with Crippen LogP contribution in [0, 0.1) is 0 Å². The first kappa shape index (κ1) is 24.9. The Morgan fingerprint density at radius 1 is 1.11 bits per heavy atom. The van der Waals surface area contributed by atoms with E-state index in [0.717, 1.165) is 42.2 Å². The number of carbonyl (C=O) groups is 2.